The zero-order valence-corrected chi connectivity index (χ0v) is 16.3. The topological polar surface area (TPSA) is 76.7 Å². The lowest BCUT2D eigenvalue weighted by atomic mass is 10.2. The Balaban J connectivity index is 1.69. The minimum absolute atomic E-state index is 0.232. The zero-order chi connectivity index (χ0) is 20.6. The van der Waals surface area contributed by atoms with Crippen LogP contribution in [0.15, 0.2) is 72.8 Å². The number of aryl methyl sites for hydroxylation is 1. The van der Waals surface area contributed by atoms with Gasteiger partial charge in [0.05, 0.1) is 18.0 Å². The number of anilines is 3. The molecule has 0 aliphatic carbocycles. The third-order valence-corrected chi connectivity index (χ3v) is 4.09. The number of carbonyl (C=O) groups is 2. The van der Waals surface area contributed by atoms with Gasteiger partial charge in [-0.1, -0.05) is 29.8 Å². The van der Waals surface area contributed by atoms with E-state index in [4.69, 9.17) is 9.47 Å². The van der Waals surface area contributed by atoms with Gasteiger partial charge >= 0.3 is 6.16 Å². The molecule has 0 atom stereocenters. The van der Waals surface area contributed by atoms with Crippen LogP contribution < -0.4 is 15.4 Å². The Hall–Kier alpha value is -3.80. The predicted octanol–water partition coefficient (Wildman–Crippen LogP) is 5.53. The second-order valence-electron chi connectivity index (χ2n) is 6.30. The van der Waals surface area contributed by atoms with Crippen molar-refractivity contribution >= 4 is 29.1 Å². The molecule has 0 heterocycles. The summed E-state index contributed by atoms with van der Waals surface area (Å²) in [5.74, 6) is 0.0345. The Bertz CT molecular complexity index is 983. The SMILES string of the molecule is CCOC(=O)Oc1ccc(C(=O)Nc2ccccc2Nc2ccc(C)cc2)cc1. The standard InChI is InChI=1S/C23H22N2O4/c1-3-28-23(27)29-19-14-10-17(11-15-19)22(26)25-21-7-5-4-6-20(21)24-18-12-8-16(2)9-13-18/h4-15,24H,3H2,1-2H3,(H,25,26). The van der Waals surface area contributed by atoms with E-state index in [-0.39, 0.29) is 12.5 Å². The first-order valence-electron chi connectivity index (χ1n) is 9.24. The summed E-state index contributed by atoms with van der Waals surface area (Å²) >= 11 is 0. The van der Waals surface area contributed by atoms with E-state index in [0.717, 1.165) is 11.4 Å². The fourth-order valence-corrected chi connectivity index (χ4v) is 2.61. The highest BCUT2D eigenvalue weighted by Gasteiger charge is 2.11. The van der Waals surface area contributed by atoms with E-state index in [1.165, 1.54) is 5.56 Å². The minimum atomic E-state index is -0.777. The second kappa shape index (κ2) is 9.41. The summed E-state index contributed by atoms with van der Waals surface area (Å²) in [5, 5.41) is 6.22. The van der Waals surface area contributed by atoms with Crippen molar-refractivity contribution in [2.45, 2.75) is 13.8 Å². The summed E-state index contributed by atoms with van der Waals surface area (Å²) in [6, 6.07) is 21.7. The number of rotatable bonds is 6. The van der Waals surface area contributed by atoms with Crippen LogP contribution in [0.2, 0.25) is 0 Å². The molecule has 0 bridgehead atoms. The highest BCUT2D eigenvalue weighted by Crippen LogP contribution is 2.26. The van der Waals surface area contributed by atoms with Gasteiger partial charge in [0.1, 0.15) is 5.75 Å². The van der Waals surface area contributed by atoms with Gasteiger partial charge < -0.3 is 20.1 Å². The van der Waals surface area contributed by atoms with E-state index in [9.17, 15) is 9.59 Å². The van der Waals surface area contributed by atoms with Gasteiger partial charge in [-0.2, -0.15) is 0 Å². The van der Waals surface area contributed by atoms with Crippen LogP contribution in [0.3, 0.4) is 0 Å². The number of benzene rings is 3. The normalized spacial score (nSPS) is 10.1. The lowest BCUT2D eigenvalue weighted by Crippen LogP contribution is -2.13. The van der Waals surface area contributed by atoms with Gasteiger partial charge in [-0.05, 0) is 62.4 Å². The molecule has 29 heavy (non-hydrogen) atoms. The number of hydrogen-bond acceptors (Lipinski definition) is 5. The fraction of sp³-hybridized carbons (Fsp3) is 0.130. The molecular formula is C23H22N2O4. The van der Waals surface area contributed by atoms with Crippen molar-refractivity contribution in [3.05, 3.63) is 83.9 Å². The summed E-state index contributed by atoms with van der Waals surface area (Å²) in [5.41, 5.74) is 3.98. The maximum absolute atomic E-state index is 12.6. The van der Waals surface area contributed by atoms with E-state index in [2.05, 4.69) is 10.6 Å². The molecule has 2 N–H and O–H groups in total. The number of carbonyl (C=O) groups excluding carboxylic acids is 2. The summed E-state index contributed by atoms with van der Waals surface area (Å²) in [7, 11) is 0. The Labute approximate surface area is 169 Å². The van der Waals surface area contributed by atoms with Crippen molar-refractivity contribution in [1.82, 2.24) is 0 Å². The van der Waals surface area contributed by atoms with Crippen LogP contribution in [0, 0.1) is 6.92 Å². The maximum Gasteiger partial charge on any atom is 0.513 e. The van der Waals surface area contributed by atoms with Crippen LogP contribution in [0.1, 0.15) is 22.8 Å². The lowest BCUT2D eigenvalue weighted by Gasteiger charge is -2.13. The lowest BCUT2D eigenvalue weighted by molar-refractivity contribution is 0.102. The Morgan fingerprint density at radius 1 is 0.862 bits per heavy atom. The molecule has 6 nitrogen and oxygen atoms in total. The van der Waals surface area contributed by atoms with Crippen molar-refractivity contribution in [3.63, 3.8) is 0 Å². The maximum atomic E-state index is 12.6. The molecule has 0 aliphatic rings. The van der Waals surface area contributed by atoms with E-state index >= 15 is 0 Å². The molecule has 0 spiro atoms. The van der Waals surface area contributed by atoms with Crippen LogP contribution in [0.4, 0.5) is 21.9 Å². The van der Waals surface area contributed by atoms with Gasteiger partial charge in [-0.3, -0.25) is 4.79 Å². The Morgan fingerprint density at radius 2 is 1.52 bits per heavy atom. The number of para-hydroxylation sites is 2. The zero-order valence-electron chi connectivity index (χ0n) is 16.3. The number of amides is 1. The van der Waals surface area contributed by atoms with E-state index in [1.807, 2.05) is 55.5 Å². The predicted molar refractivity (Wildman–Crippen MR) is 113 cm³/mol. The van der Waals surface area contributed by atoms with Gasteiger partial charge in [0.15, 0.2) is 0 Å². The fourth-order valence-electron chi connectivity index (χ4n) is 2.61. The van der Waals surface area contributed by atoms with Gasteiger partial charge in [-0.25, -0.2) is 4.79 Å². The van der Waals surface area contributed by atoms with Gasteiger partial charge in [0, 0.05) is 11.3 Å². The largest absolute Gasteiger partial charge is 0.513 e. The van der Waals surface area contributed by atoms with E-state index < -0.39 is 6.16 Å². The molecule has 0 aromatic heterocycles. The molecule has 0 fully saturated rings. The molecule has 3 aromatic rings. The Kier molecular flexibility index (Phi) is 6.47. The third-order valence-electron chi connectivity index (χ3n) is 4.09. The summed E-state index contributed by atoms with van der Waals surface area (Å²) in [6.45, 7) is 3.95. The molecule has 0 aliphatic heterocycles. The van der Waals surface area contributed by atoms with Crippen molar-refractivity contribution < 1.29 is 19.1 Å². The smallest absolute Gasteiger partial charge is 0.434 e. The van der Waals surface area contributed by atoms with Crippen LogP contribution in [-0.4, -0.2) is 18.7 Å². The summed E-state index contributed by atoms with van der Waals surface area (Å²) < 4.78 is 9.72. The molecule has 3 rings (SSSR count). The highest BCUT2D eigenvalue weighted by atomic mass is 16.7. The molecule has 0 radical (unpaired) electrons. The molecule has 148 valence electrons. The van der Waals surface area contributed by atoms with E-state index in [1.54, 1.807) is 31.2 Å². The number of hydrogen-bond donors (Lipinski definition) is 2. The first kappa shape index (κ1) is 19.9. The molecule has 6 heteroatoms. The number of nitrogens with one attached hydrogen (secondary N) is 2. The Morgan fingerprint density at radius 3 is 2.17 bits per heavy atom. The molecule has 3 aromatic carbocycles. The second-order valence-corrected chi connectivity index (χ2v) is 6.30. The monoisotopic (exact) mass is 390 g/mol. The minimum Gasteiger partial charge on any atom is -0.434 e. The van der Waals surface area contributed by atoms with Crippen molar-refractivity contribution in [2.75, 3.05) is 17.2 Å². The van der Waals surface area contributed by atoms with Crippen molar-refractivity contribution in [3.8, 4) is 5.75 Å². The third kappa shape index (κ3) is 5.59. The number of ether oxygens (including phenoxy) is 2. The molecule has 0 saturated heterocycles. The van der Waals surface area contributed by atoms with Crippen molar-refractivity contribution in [1.29, 1.82) is 0 Å². The quantitative estimate of drug-likeness (QED) is 0.428. The van der Waals surface area contributed by atoms with Crippen LogP contribution in [0.5, 0.6) is 5.75 Å². The first-order valence-corrected chi connectivity index (χ1v) is 9.24. The molecule has 0 unspecified atom stereocenters. The van der Waals surface area contributed by atoms with E-state index in [0.29, 0.717) is 17.0 Å². The van der Waals surface area contributed by atoms with Crippen molar-refractivity contribution in [2.24, 2.45) is 0 Å². The molecule has 0 saturated carbocycles. The van der Waals surface area contributed by atoms with Crippen LogP contribution >= 0.6 is 0 Å². The average molecular weight is 390 g/mol. The first-order chi connectivity index (χ1) is 14.0. The van der Waals surface area contributed by atoms with Gasteiger partial charge in [0.25, 0.3) is 5.91 Å². The van der Waals surface area contributed by atoms with Crippen LogP contribution in [0.25, 0.3) is 0 Å². The molecule has 1 amide bonds. The van der Waals surface area contributed by atoms with Crippen LogP contribution in [-0.2, 0) is 4.74 Å². The summed E-state index contributed by atoms with van der Waals surface area (Å²) in [6.07, 6.45) is -0.777. The molecular weight excluding hydrogens is 368 g/mol. The van der Waals surface area contributed by atoms with Gasteiger partial charge in [-0.15, -0.1) is 0 Å². The summed E-state index contributed by atoms with van der Waals surface area (Å²) in [4.78, 5) is 24.0. The average Bonchev–Trinajstić information content (AvgIpc) is 2.72. The van der Waals surface area contributed by atoms with Gasteiger partial charge in [0.2, 0.25) is 0 Å². The highest BCUT2D eigenvalue weighted by molar-refractivity contribution is 6.06.